The maximum absolute atomic E-state index is 12.1. The standard InChI is InChI=1S/C29H44N6O11/c30-20-9-7-19(8-10-20)28(42)33-13-2-1-4-21(27(31)41)34-25(38)18-46-17-16-45-15-14-32-23(36)12-11-22(29(43)44)35-24(37)5-3-6-26(39)40/h7-10,21-22H,1-6,11-18,30H2,(H2,31,41)(H,32,36)(H,33,42)(H,34,38)(H,35,37)(H,39,40)(H,43,44)/t21-,22-/m0/s1. The molecule has 0 aliphatic rings. The third kappa shape index (κ3) is 18.8. The van der Waals surface area contributed by atoms with Gasteiger partial charge in [-0.1, -0.05) is 0 Å². The second kappa shape index (κ2) is 22.7. The van der Waals surface area contributed by atoms with Gasteiger partial charge in [0.1, 0.15) is 18.7 Å². The first-order chi connectivity index (χ1) is 21.9. The molecule has 1 aromatic carbocycles. The Balaban J connectivity index is 2.13. The van der Waals surface area contributed by atoms with Gasteiger partial charge in [0.05, 0.1) is 19.8 Å². The topological polar surface area (TPSA) is 279 Å². The molecule has 10 N–H and O–H groups in total. The minimum Gasteiger partial charge on any atom is -0.481 e. The van der Waals surface area contributed by atoms with Gasteiger partial charge < -0.3 is 52.4 Å². The van der Waals surface area contributed by atoms with Crippen LogP contribution >= 0.6 is 0 Å². The highest BCUT2D eigenvalue weighted by molar-refractivity contribution is 5.94. The van der Waals surface area contributed by atoms with Crippen molar-refractivity contribution in [1.29, 1.82) is 0 Å². The van der Waals surface area contributed by atoms with Gasteiger partial charge in [0.25, 0.3) is 5.91 Å². The average molecular weight is 653 g/mol. The number of anilines is 1. The molecule has 0 saturated heterocycles. The Morgan fingerprint density at radius 2 is 1.37 bits per heavy atom. The summed E-state index contributed by atoms with van der Waals surface area (Å²) in [5.41, 5.74) is 12.0. The molecule has 0 bridgehead atoms. The van der Waals surface area contributed by atoms with E-state index in [1.165, 1.54) is 0 Å². The molecule has 46 heavy (non-hydrogen) atoms. The Morgan fingerprint density at radius 1 is 0.696 bits per heavy atom. The zero-order valence-corrected chi connectivity index (χ0v) is 25.6. The van der Waals surface area contributed by atoms with Crippen LogP contribution in [0.2, 0.25) is 0 Å². The molecule has 1 aromatic rings. The van der Waals surface area contributed by atoms with E-state index in [-0.39, 0.29) is 77.4 Å². The molecule has 1 rings (SSSR count). The Morgan fingerprint density at radius 3 is 2.02 bits per heavy atom. The number of unbranched alkanes of at least 4 members (excludes halogenated alkanes) is 1. The maximum Gasteiger partial charge on any atom is 0.326 e. The lowest BCUT2D eigenvalue weighted by Gasteiger charge is -2.15. The lowest BCUT2D eigenvalue weighted by molar-refractivity contribution is -0.142. The van der Waals surface area contributed by atoms with Crippen molar-refractivity contribution in [2.45, 2.75) is 63.5 Å². The van der Waals surface area contributed by atoms with Crippen LogP contribution < -0.4 is 32.7 Å². The summed E-state index contributed by atoms with van der Waals surface area (Å²) in [6.45, 7) is 0.460. The summed E-state index contributed by atoms with van der Waals surface area (Å²) >= 11 is 0. The molecule has 2 atom stereocenters. The number of rotatable bonds is 25. The summed E-state index contributed by atoms with van der Waals surface area (Å²) in [6.07, 6.45) is 0.766. The van der Waals surface area contributed by atoms with E-state index in [0.29, 0.717) is 30.6 Å². The summed E-state index contributed by atoms with van der Waals surface area (Å²) in [7, 11) is 0. The van der Waals surface area contributed by atoms with Gasteiger partial charge in [0.2, 0.25) is 23.6 Å². The zero-order chi connectivity index (χ0) is 34.3. The molecule has 5 amide bonds. The quantitative estimate of drug-likeness (QED) is 0.0461. The molecule has 0 spiro atoms. The molecule has 17 nitrogen and oxygen atoms in total. The van der Waals surface area contributed by atoms with Crippen molar-refractivity contribution >= 4 is 47.2 Å². The first-order valence-electron chi connectivity index (χ1n) is 14.8. The fourth-order valence-electron chi connectivity index (χ4n) is 3.87. The number of carboxylic acids is 2. The van der Waals surface area contributed by atoms with Crippen molar-refractivity contribution in [3.63, 3.8) is 0 Å². The summed E-state index contributed by atoms with van der Waals surface area (Å²) in [5.74, 6) is -4.91. The van der Waals surface area contributed by atoms with E-state index in [2.05, 4.69) is 21.3 Å². The van der Waals surface area contributed by atoms with Crippen LogP contribution in [0.15, 0.2) is 24.3 Å². The second-order valence-corrected chi connectivity index (χ2v) is 10.2. The number of nitrogens with two attached hydrogens (primary N) is 2. The summed E-state index contributed by atoms with van der Waals surface area (Å²) < 4.78 is 10.5. The highest BCUT2D eigenvalue weighted by Crippen LogP contribution is 2.06. The molecule has 0 aromatic heterocycles. The Labute approximate surface area is 266 Å². The van der Waals surface area contributed by atoms with Gasteiger partial charge in [-0.2, -0.15) is 0 Å². The fraction of sp³-hybridized carbons (Fsp3) is 0.552. The SMILES string of the molecule is NC(=O)[C@H](CCCCNC(=O)c1ccc(N)cc1)NC(=O)COCCOCCNC(=O)CC[C@H](NC(=O)CCCC(=O)O)C(=O)O. The van der Waals surface area contributed by atoms with Crippen LogP contribution in [-0.2, 0) is 38.2 Å². The number of aliphatic carboxylic acids is 2. The highest BCUT2D eigenvalue weighted by atomic mass is 16.5. The minimum atomic E-state index is -1.31. The molecule has 0 fully saturated rings. The normalized spacial score (nSPS) is 11.9. The molecule has 0 aliphatic heterocycles. The monoisotopic (exact) mass is 652 g/mol. The first-order valence-corrected chi connectivity index (χ1v) is 14.8. The van der Waals surface area contributed by atoms with E-state index < -0.39 is 47.7 Å². The fourth-order valence-corrected chi connectivity index (χ4v) is 3.87. The third-order valence-corrected chi connectivity index (χ3v) is 6.32. The third-order valence-electron chi connectivity index (χ3n) is 6.32. The summed E-state index contributed by atoms with van der Waals surface area (Å²) in [6, 6.07) is 4.31. The summed E-state index contributed by atoms with van der Waals surface area (Å²) in [4.78, 5) is 81.5. The van der Waals surface area contributed by atoms with Crippen LogP contribution in [0.3, 0.4) is 0 Å². The van der Waals surface area contributed by atoms with E-state index >= 15 is 0 Å². The number of carbonyl (C=O) groups is 7. The lowest BCUT2D eigenvalue weighted by atomic mass is 10.1. The summed E-state index contributed by atoms with van der Waals surface area (Å²) in [5, 5.41) is 27.9. The van der Waals surface area contributed by atoms with Crippen molar-refractivity contribution < 1.29 is 53.2 Å². The molecular formula is C29H44N6O11. The molecular weight excluding hydrogens is 608 g/mol. The number of hydrogen-bond donors (Lipinski definition) is 8. The molecule has 0 aliphatic carbocycles. The average Bonchev–Trinajstić information content (AvgIpc) is 2.99. The number of primary amides is 1. The van der Waals surface area contributed by atoms with E-state index in [1.54, 1.807) is 24.3 Å². The predicted molar refractivity (Wildman–Crippen MR) is 163 cm³/mol. The van der Waals surface area contributed by atoms with E-state index in [0.717, 1.165) is 0 Å². The van der Waals surface area contributed by atoms with E-state index in [1.807, 2.05) is 0 Å². The Bertz CT molecular complexity index is 1160. The van der Waals surface area contributed by atoms with Crippen molar-refractivity contribution in [2.24, 2.45) is 5.73 Å². The largest absolute Gasteiger partial charge is 0.481 e. The number of benzene rings is 1. The maximum atomic E-state index is 12.1. The molecule has 256 valence electrons. The van der Waals surface area contributed by atoms with Gasteiger partial charge in [-0.25, -0.2) is 4.79 Å². The number of carbonyl (C=O) groups excluding carboxylic acids is 5. The van der Waals surface area contributed by atoms with Crippen LogP contribution in [0.4, 0.5) is 5.69 Å². The number of hydrogen-bond acceptors (Lipinski definition) is 10. The molecule has 0 unspecified atom stereocenters. The number of carboxylic acid groups (broad SMARTS) is 2. The Kier molecular flexibility index (Phi) is 19.4. The van der Waals surface area contributed by atoms with Gasteiger partial charge in [0, 0.05) is 43.6 Å². The van der Waals surface area contributed by atoms with Crippen LogP contribution in [0.5, 0.6) is 0 Å². The van der Waals surface area contributed by atoms with Gasteiger partial charge in [0.15, 0.2) is 0 Å². The van der Waals surface area contributed by atoms with Gasteiger partial charge in [-0.05, 0) is 56.4 Å². The molecule has 0 radical (unpaired) electrons. The molecule has 17 heteroatoms. The number of ether oxygens (including phenoxy) is 2. The van der Waals surface area contributed by atoms with E-state index in [4.69, 9.17) is 26.0 Å². The second-order valence-electron chi connectivity index (χ2n) is 10.2. The van der Waals surface area contributed by atoms with Crippen molar-refractivity contribution in [3.8, 4) is 0 Å². The molecule has 0 saturated carbocycles. The van der Waals surface area contributed by atoms with Crippen LogP contribution in [-0.4, -0.2) is 103 Å². The Hall–Kier alpha value is -4.77. The minimum absolute atomic E-state index is 0.0583. The number of amides is 5. The zero-order valence-electron chi connectivity index (χ0n) is 25.6. The first kappa shape index (κ1) is 39.3. The lowest BCUT2D eigenvalue weighted by Crippen LogP contribution is -2.45. The van der Waals surface area contributed by atoms with Crippen LogP contribution in [0.25, 0.3) is 0 Å². The van der Waals surface area contributed by atoms with Crippen LogP contribution in [0.1, 0.15) is 61.7 Å². The van der Waals surface area contributed by atoms with Crippen molar-refractivity contribution in [3.05, 3.63) is 29.8 Å². The number of nitrogens with one attached hydrogen (secondary N) is 4. The van der Waals surface area contributed by atoms with Gasteiger partial charge in [-0.15, -0.1) is 0 Å². The van der Waals surface area contributed by atoms with Gasteiger partial charge in [-0.3, -0.25) is 28.8 Å². The predicted octanol–water partition coefficient (Wildman–Crippen LogP) is -1.11. The van der Waals surface area contributed by atoms with Crippen molar-refractivity contribution in [1.82, 2.24) is 21.3 Å². The van der Waals surface area contributed by atoms with E-state index in [9.17, 15) is 38.7 Å². The smallest absolute Gasteiger partial charge is 0.326 e. The van der Waals surface area contributed by atoms with Gasteiger partial charge >= 0.3 is 11.9 Å². The highest BCUT2D eigenvalue weighted by Gasteiger charge is 2.21. The van der Waals surface area contributed by atoms with Crippen LogP contribution in [0, 0.1) is 0 Å². The molecule has 0 heterocycles. The number of nitrogen functional groups attached to an aromatic ring is 1. The van der Waals surface area contributed by atoms with Crippen molar-refractivity contribution in [2.75, 3.05) is 45.3 Å².